The highest BCUT2D eigenvalue weighted by Crippen LogP contribution is 2.42. The number of thioether (sulfide) groups is 1. The van der Waals surface area contributed by atoms with Gasteiger partial charge >= 0.3 is 17.9 Å². The topological polar surface area (TPSA) is 294 Å². The number of esters is 2. The fourth-order valence-electron chi connectivity index (χ4n) is 12.1. The summed E-state index contributed by atoms with van der Waals surface area (Å²) in [6, 6.07) is 3.17. The van der Waals surface area contributed by atoms with Crippen molar-refractivity contribution < 1.29 is 87.4 Å². The van der Waals surface area contributed by atoms with Gasteiger partial charge < -0.3 is 87.8 Å². The number of nitrogens with one attached hydrogen (secondary N) is 1. The number of carboxylic acids is 1. The number of methoxy groups -OCH3 is 2. The molecule has 0 radical (unpaired) electrons. The molecule has 0 aliphatic carbocycles. The van der Waals surface area contributed by atoms with E-state index in [0.717, 1.165) is 4.90 Å². The first-order valence-corrected chi connectivity index (χ1v) is 29.2. The Hall–Kier alpha value is -4.02. The number of rotatable bonds is 19. The minimum absolute atomic E-state index is 0.000801. The van der Waals surface area contributed by atoms with Gasteiger partial charge in [0.1, 0.15) is 34.7 Å². The van der Waals surface area contributed by atoms with E-state index in [4.69, 9.17) is 47.5 Å². The van der Waals surface area contributed by atoms with E-state index in [1.807, 2.05) is 32.0 Å². The molecule has 6 rings (SSSR count). The first-order valence-electron chi connectivity index (χ1n) is 28.2. The number of likely N-dealkylation sites (N-methyl/N-ethyl adjacent to an activating group) is 1. The van der Waals surface area contributed by atoms with E-state index in [2.05, 4.69) is 10.5 Å². The maximum atomic E-state index is 14.7. The van der Waals surface area contributed by atoms with Crippen LogP contribution in [0.4, 0.5) is 0 Å². The van der Waals surface area contributed by atoms with Crippen molar-refractivity contribution in [2.75, 3.05) is 60.6 Å². The second kappa shape index (κ2) is 28.2. The SMILES string of the molecule is CC[C@H]1OC(=O)[C@H](C)[C@@H](O[C@H]2C[C@@](C)(OC)[C@@H](OC(=O)CCNCCSc3cc4c5c(c3)c(=O)c(C(=O)O)cn5CCCO4)[C@H](C)O2)[C@H](C)[C@@H](O[C@@H]2O[C@H](C)C[C@H](N(C)C)[C@H]2O)[C@](C)(O)C[C@@H](C)/C(=N\OCOC)[C@H](C)[C@@H](O)[C@]1(C)O. The average Bonchev–Trinajstić information content (AvgIpc) is 3.82. The molecule has 458 valence electrons. The van der Waals surface area contributed by atoms with Crippen molar-refractivity contribution in [3.05, 3.63) is 34.1 Å². The summed E-state index contributed by atoms with van der Waals surface area (Å²) in [5, 5.41) is 66.4. The summed E-state index contributed by atoms with van der Waals surface area (Å²) in [5.41, 5.74) is -5.06. The molecule has 5 heterocycles. The number of aliphatic hydroxyl groups is 4. The van der Waals surface area contributed by atoms with Crippen LogP contribution in [0.3, 0.4) is 0 Å². The predicted molar refractivity (Wildman–Crippen MR) is 299 cm³/mol. The quantitative estimate of drug-likeness (QED) is 0.0375. The molecule has 0 amide bonds. The Morgan fingerprint density at radius 1 is 0.963 bits per heavy atom. The largest absolute Gasteiger partial charge is 0.491 e. The number of oxime groups is 1. The number of aromatic carboxylic acids is 1. The van der Waals surface area contributed by atoms with Crippen LogP contribution in [-0.2, 0) is 58.9 Å². The predicted octanol–water partition coefficient (Wildman–Crippen LogP) is 4.31. The highest BCUT2D eigenvalue weighted by atomic mass is 32.2. The molecule has 6 N–H and O–H groups in total. The van der Waals surface area contributed by atoms with E-state index in [-0.39, 0.29) is 67.8 Å². The van der Waals surface area contributed by atoms with Gasteiger partial charge in [-0.2, -0.15) is 0 Å². The lowest BCUT2D eigenvalue weighted by atomic mass is 9.73. The van der Waals surface area contributed by atoms with Crippen LogP contribution < -0.4 is 15.5 Å². The highest BCUT2D eigenvalue weighted by Gasteiger charge is 2.54. The van der Waals surface area contributed by atoms with Crippen molar-refractivity contribution in [2.24, 2.45) is 28.8 Å². The second-order valence-electron chi connectivity index (χ2n) is 23.3. The first-order chi connectivity index (χ1) is 38.1. The molecule has 1 aromatic carbocycles. The van der Waals surface area contributed by atoms with Crippen molar-refractivity contribution >= 4 is 46.3 Å². The maximum Gasteiger partial charge on any atom is 0.341 e. The van der Waals surface area contributed by atoms with Crippen LogP contribution >= 0.6 is 11.8 Å². The summed E-state index contributed by atoms with van der Waals surface area (Å²) in [7, 11) is 6.61. The number of benzene rings is 1. The smallest absolute Gasteiger partial charge is 0.341 e. The lowest BCUT2D eigenvalue weighted by Gasteiger charge is -2.49. The Morgan fingerprint density at radius 3 is 2.33 bits per heavy atom. The van der Waals surface area contributed by atoms with Gasteiger partial charge in [-0.15, -0.1) is 11.8 Å². The molecule has 18 atom stereocenters. The number of pyridine rings is 1. The number of hydrogen-bond acceptors (Lipinski definition) is 22. The number of carbonyl (C=O) groups is 3. The van der Waals surface area contributed by atoms with E-state index in [0.29, 0.717) is 49.6 Å². The molecule has 3 saturated heterocycles. The number of carboxylic acid groups (broad SMARTS) is 1. The Kier molecular flexibility index (Phi) is 23.1. The van der Waals surface area contributed by atoms with Gasteiger partial charge in [-0.3, -0.25) is 14.4 Å². The third-order valence-corrected chi connectivity index (χ3v) is 17.6. The number of aliphatic hydroxyl groups excluding tert-OH is 2. The van der Waals surface area contributed by atoms with Gasteiger partial charge in [0, 0.05) is 80.9 Å². The second-order valence-corrected chi connectivity index (χ2v) is 24.5. The maximum absolute atomic E-state index is 14.7. The van der Waals surface area contributed by atoms with Gasteiger partial charge in [0.05, 0.1) is 71.7 Å². The number of nitrogens with zero attached hydrogens (tertiary/aromatic N) is 3. The van der Waals surface area contributed by atoms with Crippen molar-refractivity contribution in [1.82, 2.24) is 14.8 Å². The fourth-order valence-corrected chi connectivity index (χ4v) is 13.0. The minimum Gasteiger partial charge on any atom is -0.491 e. The van der Waals surface area contributed by atoms with E-state index in [1.54, 1.807) is 66.0 Å². The van der Waals surface area contributed by atoms with Gasteiger partial charge in [0.25, 0.3) is 0 Å². The average molecular weight is 1170 g/mol. The third kappa shape index (κ3) is 15.5. The number of carbonyl (C=O) groups excluding carboxylic acids is 2. The molecule has 4 aliphatic heterocycles. The standard InChI is InChI=1S/C57H90N4O19S/c1-15-41-57(10,70)49(65)32(4)44(59-74-29-71-13)30(2)26-55(8,69)50(80-54-47(64)39(60(11)12)23-31(3)75-54)33(5)48(34(6)53(68)77-41)79-43-27-56(9,72-14)51(35(7)76-43)78-42(62)17-18-58-19-22-81-36-24-37-45-40(25-36)73-21-16-20-61(45)28-38(46(37)63)52(66)67/h24-25,28,30-35,39,41,43,47-51,54,58,64-65,69-70H,15-23,26-27,29H2,1-14H3,(H,66,67)/b59-44+/t30-,31-,32+,33+,34-,35+,39+,41-,43+,47-,48+,49-,50-,51+,54+,55-,56-,57-/m1/s1. The van der Waals surface area contributed by atoms with Crippen LogP contribution in [0.25, 0.3) is 10.9 Å². The van der Waals surface area contributed by atoms with Crippen LogP contribution in [-0.4, -0.2) is 203 Å². The van der Waals surface area contributed by atoms with Crippen molar-refractivity contribution in [3.8, 4) is 5.75 Å². The molecule has 0 bridgehead atoms. The molecule has 2 aromatic rings. The Labute approximate surface area is 479 Å². The van der Waals surface area contributed by atoms with Crippen LogP contribution in [0, 0.1) is 23.7 Å². The molecule has 3 fully saturated rings. The van der Waals surface area contributed by atoms with Crippen LogP contribution in [0.1, 0.15) is 118 Å². The molecule has 24 heteroatoms. The van der Waals surface area contributed by atoms with Crippen molar-refractivity contribution in [3.63, 3.8) is 0 Å². The zero-order valence-electron chi connectivity index (χ0n) is 49.6. The van der Waals surface area contributed by atoms with E-state index >= 15 is 0 Å². The van der Waals surface area contributed by atoms with Crippen LogP contribution in [0.2, 0.25) is 0 Å². The Balaban J connectivity index is 1.20. The molecule has 1 aromatic heterocycles. The van der Waals surface area contributed by atoms with Crippen molar-refractivity contribution in [1.29, 1.82) is 0 Å². The number of cyclic esters (lactones) is 1. The number of hydrogen-bond donors (Lipinski definition) is 6. The van der Waals surface area contributed by atoms with Gasteiger partial charge in [0.15, 0.2) is 18.7 Å². The van der Waals surface area contributed by atoms with Crippen LogP contribution in [0.15, 0.2) is 33.2 Å². The molecule has 0 unspecified atom stereocenters. The zero-order valence-corrected chi connectivity index (χ0v) is 50.4. The van der Waals surface area contributed by atoms with Crippen LogP contribution in [0.5, 0.6) is 5.75 Å². The summed E-state index contributed by atoms with van der Waals surface area (Å²) in [4.78, 5) is 61.5. The molecule has 0 saturated carbocycles. The molecular weight excluding hydrogens is 1080 g/mol. The van der Waals surface area contributed by atoms with Gasteiger partial charge in [-0.05, 0) is 93.5 Å². The summed E-state index contributed by atoms with van der Waals surface area (Å²) in [6.45, 7) is 18.3. The third-order valence-electron chi connectivity index (χ3n) is 16.6. The lowest BCUT2D eigenvalue weighted by molar-refractivity contribution is -0.318. The molecule has 4 aliphatic rings. The van der Waals surface area contributed by atoms with Gasteiger partial charge in [0.2, 0.25) is 12.2 Å². The molecular formula is C57H90N4O19S. The summed E-state index contributed by atoms with van der Waals surface area (Å²) < 4.78 is 57.7. The summed E-state index contributed by atoms with van der Waals surface area (Å²) in [6.07, 6.45) is -8.25. The molecule has 0 spiro atoms. The number of aromatic nitrogens is 1. The zero-order chi connectivity index (χ0) is 59.9. The monoisotopic (exact) mass is 1170 g/mol. The Morgan fingerprint density at radius 2 is 1.68 bits per heavy atom. The van der Waals surface area contributed by atoms with Gasteiger partial charge in [-0.1, -0.05) is 32.9 Å². The molecule has 23 nitrogen and oxygen atoms in total. The molecule has 81 heavy (non-hydrogen) atoms. The van der Waals surface area contributed by atoms with Crippen molar-refractivity contribution in [2.45, 2.75) is 203 Å². The van der Waals surface area contributed by atoms with E-state index in [1.165, 1.54) is 39.1 Å². The summed E-state index contributed by atoms with van der Waals surface area (Å²) in [5.74, 6) is -5.15. The van der Waals surface area contributed by atoms with Gasteiger partial charge in [-0.25, -0.2) is 4.79 Å². The highest BCUT2D eigenvalue weighted by molar-refractivity contribution is 7.99. The fraction of sp³-hybridized carbons (Fsp3) is 0.772. The normalized spacial score (nSPS) is 36.8. The van der Waals surface area contributed by atoms with E-state index < -0.39 is 119 Å². The number of aryl methyl sites for hydroxylation is 1. The lowest BCUT2D eigenvalue weighted by Crippen LogP contribution is -2.61. The summed E-state index contributed by atoms with van der Waals surface area (Å²) >= 11 is 1.46. The minimum atomic E-state index is -2.01. The first kappa shape index (κ1) is 66.1. The Bertz CT molecular complexity index is 2550. The van der Waals surface area contributed by atoms with E-state index in [9.17, 15) is 44.7 Å². The number of ether oxygens (including phenoxy) is 9.